The van der Waals surface area contributed by atoms with E-state index in [0.717, 1.165) is 29.8 Å². The molecule has 0 aliphatic heterocycles. The molecule has 0 saturated heterocycles. The topological polar surface area (TPSA) is 72.9 Å². The highest BCUT2D eigenvalue weighted by atomic mass is 35.5. The van der Waals surface area contributed by atoms with Crippen LogP contribution in [0.15, 0.2) is 36.5 Å². The zero-order valence-corrected chi connectivity index (χ0v) is 14.0. The molecule has 3 rings (SSSR count). The van der Waals surface area contributed by atoms with Gasteiger partial charge in [-0.1, -0.05) is 0 Å². The van der Waals surface area contributed by atoms with Gasteiger partial charge in [0.1, 0.15) is 5.69 Å². The van der Waals surface area contributed by atoms with Crippen molar-refractivity contribution in [2.45, 2.75) is 31.5 Å². The molecule has 25 heavy (non-hydrogen) atoms. The summed E-state index contributed by atoms with van der Waals surface area (Å²) in [5, 5.41) is 6.49. The van der Waals surface area contributed by atoms with Crippen LogP contribution >= 0.6 is 12.4 Å². The maximum atomic E-state index is 12.9. The van der Waals surface area contributed by atoms with Gasteiger partial charge in [-0.3, -0.25) is 4.79 Å². The molecular formula is C16H18ClF3N4O. The van der Waals surface area contributed by atoms with Crippen molar-refractivity contribution in [3.63, 3.8) is 0 Å². The van der Waals surface area contributed by atoms with Gasteiger partial charge in [-0.15, -0.1) is 12.4 Å². The monoisotopic (exact) mass is 374 g/mol. The molecule has 5 nitrogen and oxygen atoms in total. The van der Waals surface area contributed by atoms with Gasteiger partial charge in [-0.05, 0) is 49.6 Å². The molecule has 0 radical (unpaired) electrons. The number of hydrogen-bond donors (Lipinski definition) is 2. The first-order valence-electron chi connectivity index (χ1n) is 7.62. The van der Waals surface area contributed by atoms with Crippen LogP contribution in [0.2, 0.25) is 0 Å². The molecule has 0 spiro atoms. The molecule has 9 heteroatoms. The number of hydrogen-bond acceptors (Lipinski definition) is 3. The largest absolute Gasteiger partial charge is 0.433 e. The van der Waals surface area contributed by atoms with E-state index in [1.807, 2.05) is 0 Å². The van der Waals surface area contributed by atoms with E-state index >= 15 is 0 Å². The van der Waals surface area contributed by atoms with Crippen molar-refractivity contribution >= 4 is 24.0 Å². The third-order valence-electron chi connectivity index (χ3n) is 4.16. The number of rotatable bonds is 3. The van der Waals surface area contributed by atoms with Crippen molar-refractivity contribution < 1.29 is 18.0 Å². The van der Waals surface area contributed by atoms with Gasteiger partial charge >= 0.3 is 6.18 Å². The first kappa shape index (κ1) is 19.3. The normalized spacial score (nSPS) is 20.2. The first-order chi connectivity index (χ1) is 11.3. The first-order valence-corrected chi connectivity index (χ1v) is 7.62. The summed E-state index contributed by atoms with van der Waals surface area (Å²) in [4.78, 5) is 12.1. The maximum absolute atomic E-state index is 12.9. The van der Waals surface area contributed by atoms with Gasteiger partial charge in [0, 0.05) is 17.6 Å². The molecule has 3 N–H and O–H groups in total. The van der Waals surface area contributed by atoms with E-state index in [0.29, 0.717) is 12.1 Å². The van der Waals surface area contributed by atoms with Gasteiger partial charge in [0.05, 0.1) is 11.9 Å². The van der Waals surface area contributed by atoms with E-state index in [1.165, 1.54) is 12.1 Å². The smallest absolute Gasteiger partial charge is 0.328 e. The van der Waals surface area contributed by atoms with Crippen molar-refractivity contribution in [3.8, 4) is 5.69 Å². The third-order valence-corrected chi connectivity index (χ3v) is 4.16. The zero-order chi connectivity index (χ0) is 17.3. The highest BCUT2D eigenvalue weighted by Crippen LogP contribution is 2.31. The number of nitrogens with zero attached hydrogens (tertiary/aromatic N) is 2. The Hall–Kier alpha value is -2.06. The molecule has 1 aliphatic rings. The van der Waals surface area contributed by atoms with E-state index in [4.69, 9.17) is 5.73 Å². The number of nitrogens with two attached hydrogens (primary N) is 1. The van der Waals surface area contributed by atoms with Gasteiger partial charge in [0.15, 0.2) is 0 Å². The van der Waals surface area contributed by atoms with Crippen LogP contribution in [-0.4, -0.2) is 21.7 Å². The average molecular weight is 375 g/mol. The summed E-state index contributed by atoms with van der Waals surface area (Å²) in [6, 6.07) is 7.06. The lowest BCUT2D eigenvalue weighted by atomic mass is 10.1. The maximum Gasteiger partial charge on any atom is 0.433 e. The molecule has 1 aliphatic carbocycles. The van der Waals surface area contributed by atoms with Gasteiger partial charge in [0.25, 0.3) is 0 Å². The molecule has 1 amide bonds. The fraction of sp³-hybridized carbons (Fsp3) is 0.375. The number of benzene rings is 1. The fourth-order valence-corrected chi connectivity index (χ4v) is 2.91. The number of amides is 1. The minimum atomic E-state index is -4.48. The predicted octanol–water partition coefficient (Wildman–Crippen LogP) is 3.38. The summed E-state index contributed by atoms with van der Waals surface area (Å²) >= 11 is 0. The molecule has 1 aromatic carbocycles. The predicted molar refractivity (Wildman–Crippen MR) is 89.8 cm³/mol. The standard InChI is InChI=1S/C16H17F3N4O.ClH/c17-16(18,19)14-7-8-21-23(14)13-5-3-12(4-6-13)22-15(24)10-1-2-11(20)9-10;/h3-8,10-11H,1-2,9,20H2,(H,22,24);1H. The Morgan fingerprint density at radius 1 is 1.20 bits per heavy atom. The van der Waals surface area contributed by atoms with Crippen LogP contribution in [0.1, 0.15) is 25.0 Å². The van der Waals surface area contributed by atoms with Crippen molar-refractivity contribution in [2.24, 2.45) is 11.7 Å². The van der Waals surface area contributed by atoms with Gasteiger partial charge in [-0.2, -0.15) is 18.3 Å². The van der Waals surface area contributed by atoms with E-state index in [9.17, 15) is 18.0 Å². The lowest BCUT2D eigenvalue weighted by Gasteiger charge is -2.13. The second-order valence-electron chi connectivity index (χ2n) is 5.93. The number of aromatic nitrogens is 2. The summed E-state index contributed by atoms with van der Waals surface area (Å²) in [5.41, 5.74) is 5.75. The van der Waals surface area contributed by atoms with Crippen LogP contribution in [-0.2, 0) is 11.0 Å². The summed E-state index contributed by atoms with van der Waals surface area (Å²) in [7, 11) is 0. The van der Waals surface area contributed by atoms with Crippen molar-refractivity contribution in [1.82, 2.24) is 9.78 Å². The molecular weight excluding hydrogens is 357 g/mol. The SMILES string of the molecule is Cl.NC1CCC(C(=O)Nc2ccc(-n3nccc3C(F)(F)F)cc2)C1. The van der Waals surface area contributed by atoms with E-state index in [1.54, 1.807) is 12.1 Å². The fourth-order valence-electron chi connectivity index (χ4n) is 2.91. The van der Waals surface area contributed by atoms with E-state index in [-0.39, 0.29) is 36.0 Å². The van der Waals surface area contributed by atoms with Crippen LogP contribution < -0.4 is 11.1 Å². The summed E-state index contributed by atoms with van der Waals surface area (Å²) in [6.45, 7) is 0. The van der Waals surface area contributed by atoms with Crippen LogP contribution in [0.25, 0.3) is 5.69 Å². The van der Waals surface area contributed by atoms with Crippen molar-refractivity contribution in [1.29, 1.82) is 0 Å². The Bertz CT molecular complexity index is 730. The zero-order valence-electron chi connectivity index (χ0n) is 13.2. The van der Waals surface area contributed by atoms with Gasteiger partial charge < -0.3 is 11.1 Å². The molecule has 136 valence electrons. The van der Waals surface area contributed by atoms with Crippen LogP contribution in [0.4, 0.5) is 18.9 Å². The number of anilines is 1. The minimum absolute atomic E-state index is 0. The van der Waals surface area contributed by atoms with Crippen LogP contribution in [0.5, 0.6) is 0 Å². The molecule has 2 unspecified atom stereocenters. The highest BCUT2D eigenvalue weighted by molar-refractivity contribution is 5.92. The number of carbonyl (C=O) groups excluding carboxylic acids is 1. The number of alkyl halides is 3. The number of nitrogens with one attached hydrogen (secondary N) is 1. The van der Waals surface area contributed by atoms with E-state index < -0.39 is 11.9 Å². The average Bonchev–Trinajstić information content (AvgIpc) is 3.16. The lowest BCUT2D eigenvalue weighted by Crippen LogP contribution is -2.23. The van der Waals surface area contributed by atoms with Gasteiger partial charge in [0.2, 0.25) is 5.91 Å². The molecule has 1 saturated carbocycles. The Labute approximate surface area is 148 Å². The molecule has 1 fully saturated rings. The molecule has 0 bridgehead atoms. The van der Waals surface area contributed by atoms with Crippen LogP contribution in [0, 0.1) is 5.92 Å². The van der Waals surface area contributed by atoms with Gasteiger partial charge in [-0.25, -0.2) is 4.68 Å². The second-order valence-corrected chi connectivity index (χ2v) is 5.93. The lowest BCUT2D eigenvalue weighted by molar-refractivity contribution is -0.142. The number of carbonyl (C=O) groups is 1. The van der Waals surface area contributed by atoms with E-state index in [2.05, 4.69) is 10.4 Å². The minimum Gasteiger partial charge on any atom is -0.328 e. The Kier molecular flexibility index (Phi) is 5.74. The summed E-state index contributed by atoms with van der Waals surface area (Å²) < 4.78 is 39.5. The molecule has 2 aromatic rings. The van der Waals surface area contributed by atoms with Crippen molar-refractivity contribution in [2.75, 3.05) is 5.32 Å². The van der Waals surface area contributed by atoms with Crippen molar-refractivity contribution in [3.05, 3.63) is 42.2 Å². The quantitative estimate of drug-likeness (QED) is 0.865. The molecule has 1 heterocycles. The summed E-state index contributed by atoms with van der Waals surface area (Å²) in [6.07, 6.45) is -1.14. The third kappa shape index (κ3) is 4.32. The van der Waals surface area contributed by atoms with Crippen LogP contribution in [0.3, 0.4) is 0 Å². The molecule has 1 aromatic heterocycles. The second kappa shape index (κ2) is 7.45. The highest BCUT2D eigenvalue weighted by Gasteiger charge is 2.35. The summed E-state index contributed by atoms with van der Waals surface area (Å²) in [5.74, 6) is -0.214. The Morgan fingerprint density at radius 3 is 2.44 bits per heavy atom. The number of halogens is 4. The Morgan fingerprint density at radius 2 is 1.88 bits per heavy atom. The molecule has 2 atom stereocenters. The Balaban J connectivity index is 0.00000225.